The first-order valence-electron chi connectivity index (χ1n) is 9.91. The first-order valence-corrected chi connectivity index (χ1v) is 9.91. The van der Waals surface area contributed by atoms with Gasteiger partial charge in [0.05, 0.1) is 20.2 Å². The monoisotopic (exact) mass is 541 g/mol. The Labute approximate surface area is 201 Å². The molecule has 170 valence electrons. The largest absolute Gasteiger partial charge is 0.493 e. The first kappa shape index (κ1) is 26.5. The van der Waals surface area contributed by atoms with Crippen molar-refractivity contribution in [2.45, 2.75) is 19.4 Å². The zero-order chi connectivity index (χ0) is 21.8. The van der Waals surface area contributed by atoms with E-state index in [1.54, 1.807) is 32.3 Å². The van der Waals surface area contributed by atoms with Crippen LogP contribution in [0.25, 0.3) is 0 Å². The summed E-state index contributed by atoms with van der Waals surface area (Å²) in [5.41, 5.74) is 0.964. The number of rotatable bonds is 10. The minimum Gasteiger partial charge on any atom is -0.493 e. The van der Waals surface area contributed by atoms with E-state index >= 15 is 0 Å². The molecule has 1 atom stereocenters. The molecule has 2 N–H and O–H groups in total. The molecule has 0 aliphatic rings. The van der Waals surface area contributed by atoms with Crippen LogP contribution in [0.15, 0.2) is 53.7 Å². The second-order valence-electron chi connectivity index (χ2n) is 6.77. The fraction of sp³-hybridized carbons (Fsp3) is 0.409. The molecule has 1 aromatic carbocycles. The Bertz CT molecular complexity index is 820. The Morgan fingerprint density at radius 1 is 1.16 bits per heavy atom. The van der Waals surface area contributed by atoms with Crippen LogP contribution >= 0.6 is 24.0 Å². The highest BCUT2D eigenvalue weighted by Gasteiger charge is 2.12. The third-order valence-corrected chi connectivity index (χ3v) is 4.44. The van der Waals surface area contributed by atoms with Crippen LogP contribution in [-0.2, 0) is 11.2 Å². The SMILES string of the molecule is CN=C(NCC(=O)N(C)CCc1ccccn1)NCC(C)Oc1ccccc1OC.I. The second kappa shape index (κ2) is 14.4. The van der Waals surface area contributed by atoms with Crippen molar-refractivity contribution in [1.82, 2.24) is 20.5 Å². The number of para-hydroxylation sites is 2. The average Bonchev–Trinajstić information content (AvgIpc) is 2.78. The number of guanidine groups is 1. The summed E-state index contributed by atoms with van der Waals surface area (Å²) >= 11 is 0. The van der Waals surface area contributed by atoms with E-state index < -0.39 is 0 Å². The molecule has 9 heteroatoms. The fourth-order valence-corrected chi connectivity index (χ4v) is 2.68. The number of carbonyl (C=O) groups is 1. The number of carbonyl (C=O) groups excluding carboxylic acids is 1. The van der Waals surface area contributed by atoms with Gasteiger partial charge in [0.1, 0.15) is 6.10 Å². The molecule has 1 amide bonds. The lowest BCUT2D eigenvalue weighted by Crippen LogP contribution is -2.46. The molecule has 0 aliphatic carbocycles. The lowest BCUT2D eigenvalue weighted by Gasteiger charge is -2.20. The van der Waals surface area contributed by atoms with Gasteiger partial charge in [-0.25, -0.2) is 0 Å². The van der Waals surface area contributed by atoms with Gasteiger partial charge in [-0.15, -0.1) is 24.0 Å². The van der Waals surface area contributed by atoms with Crippen LogP contribution in [0.1, 0.15) is 12.6 Å². The van der Waals surface area contributed by atoms with E-state index in [1.165, 1.54) is 0 Å². The minimum atomic E-state index is -0.128. The van der Waals surface area contributed by atoms with Crippen LogP contribution in [0.3, 0.4) is 0 Å². The molecular formula is C22H32IN5O3. The molecule has 8 nitrogen and oxygen atoms in total. The molecule has 0 bridgehead atoms. The van der Waals surface area contributed by atoms with E-state index in [4.69, 9.17) is 9.47 Å². The molecular weight excluding hydrogens is 509 g/mol. The molecule has 0 saturated heterocycles. The Balaban J connectivity index is 0.00000480. The van der Waals surface area contributed by atoms with Crippen molar-refractivity contribution >= 4 is 35.8 Å². The highest BCUT2D eigenvalue weighted by Crippen LogP contribution is 2.26. The smallest absolute Gasteiger partial charge is 0.241 e. The van der Waals surface area contributed by atoms with Gasteiger partial charge in [-0.1, -0.05) is 18.2 Å². The molecule has 1 unspecified atom stereocenters. The Hall–Kier alpha value is -2.56. The summed E-state index contributed by atoms with van der Waals surface area (Å²) in [6, 6.07) is 13.3. The summed E-state index contributed by atoms with van der Waals surface area (Å²) in [5, 5.41) is 6.21. The highest BCUT2D eigenvalue weighted by molar-refractivity contribution is 14.0. The number of nitrogens with zero attached hydrogens (tertiary/aromatic N) is 3. The topological polar surface area (TPSA) is 88.1 Å². The van der Waals surface area contributed by atoms with Crippen molar-refractivity contribution in [2.75, 3.05) is 40.8 Å². The molecule has 0 aliphatic heterocycles. The van der Waals surface area contributed by atoms with E-state index in [0.717, 1.165) is 5.69 Å². The second-order valence-corrected chi connectivity index (χ2v) is 6.77. The number of hydrogen-bond donors (Lipinski definition) is 2. The molecule has 0 spiro atoms. The Morgan fingerprint density at radius 3 is 2.52 bits per heavy atom. The van der Waals surface area contributed by atoms with Gasteiger partial charge in [-0.2, -0.15) is 0 Å². The number of pyridine rings is 1. The third kappa shape index (κ3) is 9.41. The Kier molecular flexibility index (Phi) is 12.3. The Morgan fingerprint density at radius 2 is 1.87 bits per heavy atom. The number of halogens is 1. The lowest BCUT2D eigenvalue weighted by molar-refractivity contribution is -0.128. The number of aromatic nitrogens is 1. The first-order chi connectivity index (χ1) is 14.5. The van der Waals surface area contributed by atoms with Crippen molar-refractivity contribution in [3.63, 3.8) is 0 Å². The standard InChI is InChI=1S/C22H31N5O3.HI/c1-17(30-20-11-6-5-10-19(20)29-4)15-25-22(23-2)26-16-21(28)27(3)14-12-18-9-7-8-13-24-18;/h5-11,13,17H,12,14-16H2,1-4H3,(H2,23,25,26);1H. The van der Waals surface area contributed by atoms with Gasteiger partial charge in [0, 0.05) is 39.0 Å². The number of likely N-dealkylation sites (N-methyl/N-ethyl adjacent to an activating group) is 1. The number of amides is 1. The predicted octanol–water partition coefficient (Wildman–Crippen LogP) is 2.34. The maximum atomic E-state index is 12.4. The predicted molar refractivity (Wildman–Crippen MR) is 133 cm³/mol. The van der Waals surface area contributed by atoms with Crippen LogP contribution in [0, 0.1) is 0 Å². The van der Waals surface area contributed by atoms with E-state index in [0.29, 0.717) is 37.0 Å². The maximum Gasteiger partial charge on any atom is 0.241 e. The minimum absolute atomic E-state index is 0. The summed E-state index contributed by atoms with van der Waals surface area (Å²) in [7, 11) is 5.06. The zero-order valence-electron chi connectivity index (χ0n) is 18.5. The van der Waals surface area contributed by atoms with Crippen molar-refractivity contribution in [3.05, 3.63) is 54.4 Å². The highest BCUT2D eigenvalue weighted by atomic mass is 127. The van der Waals surface area contributed by atoms with Gasteiger partial charge < -0.3 is 25.0 Å². The van der Waals surface area contributed by atoms with Crippen LogP contribution in [-0.4, -0.2) is 68.7 Å². The summed E-state index contributed by atoms with van der Waals surface area (Å²) in [6.07, 6.45) is 2.34. The van der Waals surface area contributed by atoms with Crippen LogP contribution in [0.5, 0.6) is 11.5 Å². The number of benzene rings is 1. The maximum absolute atomic E-state index is 12.4. The van der Waals surface area contributed by atoms with Gasteiger partial charge >= 0.3 is 0 Å². The molecule has 31 heavy (non-hydrogen) atoms. The van der Waals surface area contributed by atoms with E-state index in [2.05, 4.69) is 20.6 Å². The third-order valence-electron chi connectivity index (χ3n) is 4.44. The lowest BCUT2D eigenvalue weighted by atomic mass is 10.2. The average molecular weight is 541 g/mol. The number of hydrogen-bond acceptors (Lipinski definition) is 5. The van der Waals surface area contributed by atoms with Crippen molar-refractivity contribution in [2.24, 2.45) is 4.99 Å². The van der Waals surface area contributed by atoms with Crippen LogP contribution < -0.4 is 20.1 Å². The number of ether oxygens (including phenoxy) is 2. The van der Waals surface area contributed by atoms with E-state index in [9.17, 15) is 4.79 Å². The molecule has 2 rings (SSSR count). The van der Waals surface area contributed by atoms with Gasteiger partial charge in [-0.3, -0.25) is 14.8 Å². The van der Waals surface area contributed by atoms with Gasteiger partial charge in [-0.05, 0) is 31.2 Å². The van der Waals surface area contributed by atoms with Crippen LogP contribution in [0.2, 0.25) is 0 Å². The van der Waals surface area contributed by atoms with Gasteiger partial charge in [0.15, 0.2) is 17.5 Å². The normalized spacial score (nSPS) is 11.7. The van der Waals surface area contributed by atoms with E-state index in [-0.39, 0.29) is 42.5 Å². The fourth-order valence-electron chi connectivity index (χ4n) is 2.68. The summed E-state index contributed by atoms with van der Waals surface area (Å²) < 4.78 is 11.2. The summed E-state index contributed by atoms with van der Waals surface area (Å²) in [6.45, 7) is 3.22. The molecule has 2 aromatic rings. The summed E-state index contributed by atoms with van der Waals surface area (Å²) in [5.74, 6) is 1.89. The number of nitrogens with one attached hydrogen (secondary N) is 2. The van der Waals surface area contributed by atoms with Crippen LogP contribution in [0.4, 0.5) is 0 Å². The quantitative estimate of drug-likeness (QED) is 0.273. The van der Waals surface area contributed by atoms with Gasteiger partial charge in [0.2, 0.25) is 5.91 Å². The molecule has 0 saturated carbocycles. The molecule has 0 fully saturated rings. The van der Waals surface area contributed by atoms with Crippen molar-refractivity contribution < 1.29 is 14.3 Å². The van der Waals surface area contributed by atoms with Gasteiger partial charge in [0.25, 0.3) is 0 Å². The number of aliphatic imine (C=N–C) groups is 1. The summed E-state index contributed by atoms with van der Waals surface area (Å²) in [4.78, 5) is 22.5. The zero-order valence-corrected chi connectivity index (χ0v) is 20.8. The molecule has 1 aromatic heterocycles. The van der Waals surface area contributed by atoms with Crippen molar-refractivity contribution in [3.8, 4) is 11.5 Å². The number of methoxy groups -OCH3 is 1. The molecule has 0 radical (unpaired) electrons. The molecule has 1 heterocycles. The van der Waals surface area contributed by atoms with Crippen molar-refractivity contribution in [1.29, 1.82) is 0 Å². The van der Waals surface area contributed by atoms with E-state index in [1.807, 2.05) is 49.4 Å².